The molecule has 0 saturated carbocycles. The van der Waals surface area contributed by atoms with Gasteiger partial charge in [0.1, 0.15) is 0 Å². The molecule has 0 heterocycles. The Morgan fingerprint density at radius 2 is 1.72 bits per heavy atom. The molecule has 0 amide bonds. The van der Waals surface area contributed by atoms with Crippen molar-refractivity contribution < 1.29 is 0 Å². The van der Waals surface area contributed by atoms with Crippen LogP contribution in [-0.4, -0.2) is 27.5 Å². The lowest BCUT2D eigenvalue weighted by Crippen LogP contribution is -2.30. The molecule has 100 valence electrons. The molecule has 1 aromatic carbocycles. The number of hydrogen-bond acceptors (Lipinski definition) is 1. The summed E-state index contributed by atoms with van der Waals surface area (Å²) in [7, 11) is -0.280. The van der Waals surface area contributed by atoms with Crippen LogP contribution in [0.1, 0.15) is 40.2 Å². The van der Waals surface area contributed by atoms with Gasteiger partial charge in [-0.25, -0.2) is 0 Å². The third-order valence-corrected chi connectivity index (χ3v) is 5.25. The van der Waals surface area contributed by atoms with Crippen molar-refractivity contribution in [2.24, 2.45) is 0 Å². The van der Waals surface area contributed by atoms with E-state index in [1.807, 2.05) is 0 Å². The Kier molecular flexibility index (Phi) is 5.21. The molecule has 1 rings (SSSR count). The van der Waals surface area contributed by atoms with Gasteiger partial charge < -0.3 is 4.90 Å². The van der Waals surface area contributed by atoms with Crippen LogP contribution in [0.3, 0.4) is 0 Å². The van der Waals surface area contributed by atoms with Crippen LogP contribution in [0.4, 0.5) is 0 Å². The smallest absolute Gasteiger partial charge is 0.0610 e. The molecule has 0 aliphatic heterocycles. The Hall–Kier alpha value is -1.02. The standard InChI is InChI=1S/C16H27NSi/c1-7-17(8-2)13(3)14-11-9-10-12-15(14)18-16(4,5)6/h9-12H,3,7-8,18H2,1-2,4-6H3. The molecular formula is C16H27NSi. The van der Waals surface area contributed by atoms with Crippen LogP contribution >= 0.6 is 0 Å². The zero-order chi connectivity index (χ0) is 13.8. The molecule has 0 aliphatic carbocycles. The van der Waals surface area contributed by atoms with E-state index in [1.54, 1.807) is 5.19 Å². The quantitative estimate of drug-likeness (QED) is 0.737. The zero-order valence-corrected chi connectivity index (χ0v) is 14.0. The van der Waals surface area contributed by atoms with Crippen molar-refractivity contribution in [3.63, 3.8) is 0 Å². The van der Waals surface area contributed by atoms with E-state index in [1.165, 1.54) is 11.3 Å². The lowest BCUT2D eigenvalue weighted by molar-refractivity contribution is 0.443. The van der Waals surface area contributed by atoms with Crippen molar-refractivity contribution in [2.45, 2.75) is 39.7 Å². The highest BCUT2D eigenvalue weighted by atomic mass is 28.2. The highest BCUT2D eigenvalue weighted by Crippen LogP contribution is 2.22. The van der Waals surface area contributed by atoms with Crippen LogP contribution in [0.5, 0.6) is 0 Å². The summed E-state index contributed by atoms with van der Waals surface area (Å²) in [4.78, 5) is 2.34. The maximum Gasteiger partial charge on any atom is 0.0610 e. The Morgan fingerprint density at radius 3 is 2.22 bits per heavy atom. The van der Waals surface area contributed by atoms with Gasteiger partial charge in [0.05, 0.1) is 9.52 Å². The van der Waals surface area contributed by atoms with E-state index in [4.69, 9.17) is 0 Å². The van der Waals surface area contributed by atoms with Gasteiger partial charge in [-0.2, -0.15) is 0 Å². The normalized spacial score (nSPS) is 12.1. The third kappa shape index (κ3) is 4.02. The van der Waals surface area contributed by atoms with Crippen LogP contribution in [0, 0.1) is 0 Å². The van der Waals surface area contributed by atoms with Crippen molar-refractivity contribution >= 4 is 20.4 Å². The maximum absolute atomic E-state index is 4.31. The van der Waals surface area contributed by atoms with Crippen molar-refractivity contribution in [1.29, 1.82) is 0 Å². The van der Waals surface area contributed by atoms with Crippen LogP contribution in [0.2, 0.25) is 5.04 Å². The molecule has 0 saturated heterocycles. The SMILES string of the molecule is C=C(c1ccccc1[SiH2]C(C)(C)C)N(CC)CC. The summed E-state index contributed by atoms with van der Waals surface area (Å²) in [5.74, 6) is 0. The van der Waals surface area contributed by atoms with Gasteiger partial charge in [-0.1, -0.05) is 56.8 Å². The second kappa shape index (κ2) is 6.23. The molecule has 0 radical (unpaired) electrons. The summed E-state index contributed by atoms with van der Waals surface area (Å²) < 4.78 is 0. The van der Waals surface area contributed by atoms with E-state index in [0.29, 0.717) is 5.04 Å². The molecule has 0 N–H and O–H groups in total. The molecule has 0 atom stereocenters. The zero-order valence-electron chi connectivity index (χ0n) is 12.6. The fourth-order valence-corrected chi connectivity index (χ4v) is 4.21. The van der Waals surface area contributed by atoms with E-state index < -0.39 is 0 Å². The lowest BCUT2D eigenvalue weighted by atomic mass is 10.1. The average molecular weight is 261 g/mol. The number of rotatable bonds is 5. The van der Waals surface area contributed by atoms with Crippen LogP contribution in [-0.2, 0) is 0 Å². The van der Waals surface area contributed by atoms with E-state index in [2.05, 4.69) is 70.4 Å². The van der Waals surface area contributed by atoms with E-state index in [0.717, 1.165) is 13.1 Å². The second-order valence-corrected chi connectivity index (χ2v) is 9.25. The van der Waals surface area contributed by atoms with Crippen LogP contribution in [0.15, 0.2) is 30.8 Å². The molecule has 0 spiro atoms. The van der Waals surface area contributed by atoms with Gasteiger partial charge in [-0.05, 0) is 24.4 Å². The molecule has 0 unspecified atom stereocenters. The predicted octanol–water partition coefficient (Wildman–Crippen LogP) is 3.01. The lowest BCUT2D eigenvalue weighted by Gasteiger charge is -2.27. The summed E-state index contributed by atoms with van der Waals surface area (Å²) in [5, 5.41) is 1.99. The summed E-state index contributed by atoms with van der Waals surface area (Å²) in [5.41, 5.74) is 2.55. The Morgan fingerprint density at radius 1 is 1.17 bits per heavy atom. The van der Waals surface area contributed by atoms with Crippen LogP contribution < -0.4 is 5.19 Å². The Balaban J connectivity index is 3.05. The molecule has 18 heavy (non-hydrogen) atoms. The summed E-state index contributed by atoms with van der Waals surface area (Å²) >= 11 is 0. The highest BCUT2D eigenvalue weighted by Gasteiger charge is 2.17. The van der Waals surface area contributed by atoms with Gasteiger partial charge in [0.2, 0.25) is 0 Å². The first-order chi connectivity index (χ1) is 8.39. The Bertz CT molecular complexity index is 400. The van der Waals surface area contributed by atoms with Crippen molar-refractivity contribution in [3.8, 4) is 0 Å². The van der Waals surface area contributed by atoms with Gasteiger partial charge >= 0.3 is 0 Å². The molecule has 0 aromatic heterocycles. The average Bonchev–Trinajstić information content (AvgIpc) is 2.29. The van der Waals surface area contributed by atoms with Gasteiger partial charge in [0.15, 0.2) is 0 Å². The van der Waals surface area contributed by atoms with Gasteiger partial charge in [0, 0.05) is 18.8 Å². The number of benzene rings is 1. The van der Waals surface area contributed by atoms with Crippen molar-refractivity contribution in [2.75, 3.05) is 13.1 Å². The van der Waals surface area contributed by atoms with Gasteiger partial charge in [0.25, 0.3) is 0 Å². The third-order valence-electron chi connectivity index (χ3n) is 3.19. The largest absolute Gasteiger partial charge is 0.372 e. The maximum atomic E-state index is 4.31. The molecule has 1 aromatic rings. The van der Waals surface area contributed by atoms with Gasteiger partial charge in [-0.3, -0.25) is 0 Å². The predicted molar refractivity (Wildman–Crippen MR) is 86.3 cm³/mol. The first-order valence-corrected chi connectivity index (χ1v) is 8.32. The first kappa shape index (κ1) is 15.0. The molecular weight excluding hydrogens is 234 g/mol. The minimum Gasteiger partial charge on any atom is -0.372 e. The number of hydrogen-bond donors (Lipinski definition) is 0. The molecule has 0 fully saturated rings. The molecule has 0 aliphatic rings. The van der Waals surface area contributed by atoms with Crippen LogP contribution in [0.25, 0.3) is 5.70 Å². The second-order valence-electron chi connectivity index (χ2n) is 6.01. The van der Waals surface area contributed by atoms with E-state index >= 15 is 0 Å². The van der Waals surface area contributed by atoms with Gasteiger partial charge in [-0.15, -0.1) is 0 Å². The topological polar surface area (TPSA) is 3.24 Å². The summed E-state index contributed by atoms with van der Waals surface area (Å²) in [6.45, 7) is 17.8. The highest BCUT2D eigenvalue weighted by molar-refractivity contribution is 6.57. The fraction of sp³-hybridized carbons (Fsp3) is 0.500. The molecule has 0 bridgehead atoms. The molecule has 1 nitrogen and oxygen atoms in total. The number of nitrogens with zero attached hydrogens (tertiary/aromatic N) is 1. The first-order valence-electron chi connectivity index (χ1n) is 6.91. The van der Waals surface area contributed by atoms with E-state index in [-0.39, 0.29) is 9.52 Å². The minimum absolute atomic E-state index is 0.280. The van der Waals surface area contributed by atoms with Crippen molar-refractivity contribution in [1.82, 2.24) is 4.90 Å². The summed E-state index contributed by atoms with van der Waals surface area (Å²) in [6, 6.07) is 8.81. The van der Waals surface area contributed by atoms with Crippen molar-refractivity contribution in [3.05, 3.63) is 36.4 Å². The van der Waals surface area contributed by atoms with E-state index in [9.17, 15) is 0 Å². The molecule has 2 heteroatoms. The summed E-state index contributed by atoms with van der Waals surface area (Å²) in [6.07, 6.45) is 0. The Labute approximate surface area is 115 Å². The minimum atomic E-state index is -0.280. The fourth-order valence-electron chi connectivity index (χ4n) is 2.30. The monoisotopic (exact) mass is 261 g/mol.